The fourth-order valence-corrected chi connectivity index (χ4v) is 3.58. The number of hydrogen-bond acceptors (Lipinski definition) is 7. The van der Waals surface area contributed by atoms with E-state index in [1.54, 1.807) is 36.4 Å². The van der Waals surface area contributed by atoms with Gasteiger partial charge in [-0.2, -0.15) is 0 Å². The van der Waals surface area contributed by atoms with Crippen LogP contribution in [0.4, 0.5) is 0 Å². The highest BCUT2D eigenvalue weighted by Crippen LogP contribution is 2.48. The van der Waals surface area contributed by atoms with Gasteiger partial charge in [0.15, 0.2) is 11.5 Å². The Balaban J connectivity index is 2.09. The summed E-state index contributed by atoms with van der Waals surface area (Å²) < 4.78 is 10.2. The molecule has 9 heteroatoms. The number of cyclic esters (lactones) is 1. The van der Waals surface area contributed by atoms with E-state index in [1.807, 2.05) is 0 Å². The molecule has 31 heavy (non-hydrogen) atoms. The fourth-order valence-electron chi connectivity index (χ4n) is 3.58. The second kappa shape index (κ2) is 7.45. The average molecular weight is 422 g/mol. The minimum atomic E-state index is -1.68. The molecule has 3 N–H and O–H groups in total. The number of carboxylic acids is 2. The predicted molar refractivity (Wildman–Crippen MR) is 105 cm³/mol. The largest absolute Gasteiger partial charge is 0.504 e. The zero-order valence-electron chi connectivity index (χ0n) is 15.7. The summed E-state index contributed by atoms with van der Waals surface area (Å²) in [5.74, 6) is -5.87. The minimum Gasteiger partial charge on any atom is -0.504 e. The number of phenols is 1. The van der Waals surface area contributed by atoms with E-state index >= 15 is 0 Å². The summed E-state index contributed by atoms with van der Waals surface area (Å²) >= 11 is 0. The monoisotopic (exact) mass is 422 g/mol. The van der Waals surface area contributed by atoms with Crippen LogP contribution >= 0.6 is 0 Å². The minimum absolute atomic E-state index is 0.00501. The Morgan fingerprint density at radius 3 is 2.29 bits per heavy atom. The zero-order valence-corrected chi connectivity index (χ0v) is 15.7. The van der Waals surface area contributed by atoms with Crippen LogP contribution in [0.3, 0.4) is 0 Å². The molecule has 1 unspecified atom stereocenters. The summed E-state index contributed by atoms with van der Waals surface area (Å²) in [5.41, 5.74) is 1.10. The van der Waals surface area contributed by atoms with Crippen LogP contribution in [0.25, 0.3) is 21.9 Å². The van der Waals surface area contributed by atoms with Crippen LogP contribution in [0.5, 0.6) is 11.5 Å². The van der Waals surface area contributed by atoms with Crippen molar-refractivity contribution in [2.24, 2.45) is 0 Å². The maximum atomic E-state index is 12.5. The van der Waals surface area contributed by atoms with Crippen molar-refractivity contribution in [3.05, 3.63) is 59.7 Å². The van der Waals surface area contributed by atoms with Crippen molar-refractivity contribution in [3.8, 4) is 22.6 Å². The lowest BCUT2D eigenvalue weighted by molar-refractivity contribution is -0.148. The SMILES string of the molecule is O=C(O)CC(=O)Oc1c(O)cc2c3c(ccc(-c4ccccc4)c13)C(=O)OC2C(=O)O. The molecule has 156 valence electrons. The van der Waals surface area contributed by atoms with Gasteiger partial charge in [-0.05, 0) is 23.3 Å². The van der Waals surface area contributed by atoms with Crippen LogP contribution in [-0.2, 0) is 19.1 Å². The maximum Gasteiger partial charge on any atom is 0.349 e. The van der Waals surface area contributed by atoms with E-state index < -0.39 is 42.2 Å². The first kappa shape index (κ1) is 19.9. The van der Waals surface area contributed by atoms with Crippen LogP contribution < -0.4 is 4.74 Å². The van der Waals surface area contributed by atoms with Gasteiger partial charge < -0.3 is 24.8 Å². The zero-order chi connectivity index (χ0) is 22.3. The molecule has 1 atom stereocenters. The number of rotatable bonds is 5. The van der Waals surface area contributed by atoms with E-state index in [4.69, 9.17) is 14.6 Å². The van der Waals surface area contributed by atoms with E-state index in [-0.39, 0.29) is 27.6 Å². The third-order valence-corrected chi connectivity index (χ3v) is 4.79. The van der Waals surface area contributed by atoms with Gasteiger partial charge in [-0.1, -0.05) is 36.4 Å². The Bertz CT molecular complexity index is 1260. The number of aliphatic carboxylic acids is 2. The molecule has 0 spiro atoms. The Morgan fingerprint density at radius 1 is 0.968 bits per heavy atom. The van der Waals surface area contributed by atoms with Crippen LogP contribution in [0, 0.1) is 0 Å². The average Bonchev–Trinajstić information content (AvgIpc) is 2.72. The maximum absolute atomic E-state index is 12.5. The van der Waals surface area contributed by atoms with Crippen molar-refractivity contribution in [1.29, 1.82) is 0 Å². The number of carbonyl (C=O) groups is 4. The number of carboxylic acid groups (broad SMARTS) is 2. The molecule has 0 saturated carbocycles. The predicted octanol–water partition coefficient (Wildman–Crippen LogP) is 2.89. The lowest BCUT2D eigenvalue weighted by Crippen LogP contribution is -2.24. The first-order valence-electron chi connectivity index (χ1n) is 9.02. The fraction of sp³-hybridized carbons (Fsp3) is 0.0909. The highest BCUT2D eigenvalue weighted by atomic mass is 16.6. The van der Waals surface area contributed by atoms with Crippen molar-refractivity contribution in [3.63, 3.8) is 0 Å². The molecule has 0 amide bonds. The highest BCUT2D eigenvalue weighted by Gasteiger charge is 2.36. The Hall–Kier alpha value is -4.40. The molecule has 1 aliphatic heterocycles. The van der Waals surface area contributed by atoms with Crippen LogP contribution in [-0.4, -0.2) is 39.2 Å². The number of hydrogen-bond donors (Lipinski definition) is 3. The number of aromatic hydroxyl groups is 1. The summed E-state index contributed by atoms with van der Waals surface area (Å²) in [6, 6.07) is 12.8. The topological polar surface area (TPSA) is 147 Å². The van der Waals surface area contributed by atoms with Crippen LogP contribution in [0.2, 0.25) is 0 Å². The molecule has 4 rings (SSSR count). The molecule has 0 saturated heterocycles. The molecule has 1 aliphatic rings. The van der Waals surface area contributed by atoms with Crippen molar-refractivity contribution in [2.45, 2.75) is 12.5 Å². The highest BCUT2D eigenvalue weighted by molar-refractivity contribution is 6.16. The van der Waals surface area contributed by atoms with Gasteiger partial charge in [0, 0.05) is 16.3 Å². The van der Waals surface area contributed by atoms with E-state index in [0.29, 0.717) is 11.1 Å². The van der Waals surface area contributed by atoms with Gasteiger partial charge in [0.25, 0.3) is 0 Å². The van der Waals surface area contributed by atoms with E-state index in [2.05, 4.69) is 0 Å². The molecule has 0 bridgehead atoms. The van der Waals surface area contributed by atoms with E-state index in [1.165, 1.54) is 6.07 Å². The van der Waals surface area contributed by atoms with Gasteiger partial charge in [-0.15, -0.1) is 0 Å². The second-order valence-corrected chi connectivity index (χ2v) is 6.76. The Labute approximate surface area is 174 Å². The quantitative estimate of drug-likeness (QED) is 0.321. The number of esters is 2. The number of ether oxygens (including phenoxy) is 2. The first-order chi connectivity index (χ1) is 14.8. The van der Waals surface area contributed by atoms with Crippen molar-refractivity contribution < 1.29 is 44.0 Å². The van der Waals surface area contributed by atoms with Gasteiger partial charge in [-0.3, -0.25) is 9.59 Å². The van der Waals surface area contributed by atoms with Gasteiger partial charge in [0.1, 0.15) is 6.42 Å². The molecular formula is C22H14O9. The number of phenolic OH excluding ortho intramolecular Hbond substituents is 1. The second-order valence-electron chi connectivity index (χ2n) is 6.76. The summed E-state index contributed by atoms with van der Waals surface area (Å²) in [6.07, 6.45) is -2.63. The van der Waals surface area contributed by atoms with Gasteiger partial charge in [-0.25, -0.2) is 9.59 Å². The standard InChI is InChI=1S/C22H14O9/c23-14-8-13-17-12(22(29)31-19(13)21(27)28)7-6-11(10-4-2-1-3-5-10)18(17)20(14)30-16(26)9-15(24)25/h1-8,19,23H,9H2,(H,24,25)(H,27,28). The van der Waals surface area contributed by atoms with Gasteiger partial charge >= 0.3 is 23.9 Å². The normalized spacial score (nSPS) is 14.7. The Kier molecular flexibility index (Phi) is 4.78. The van der Waals surface area contributed by atoms with Gasteiger partial charge in [0.2, 0.25) is 6.10 Å². The molecule has 3 aromatic carbocycles. The van der Waals surface area contributed by atoms with Crippen LogP contribution in [0.1, 0.15) is 28.4 Å². The lowest BCUT2D eigenvalue weighted by atomic mass is 9.88. The van der Waals surface area contributed by atoms with Crippen molar-refractivity contribution in [2.75, 3.05) is 0 Å². The lowest BCUT2D eigenvalue weighted by Gasteiger charge is -2.25. The van der Waals surface area contributed by atoms with E-state index in [0.717, 1.165) is 6.07 Å². The molecule has 0 aliphatic carbocycles. The van der Waals surface area contributed by atoms with Crippen molar-refractivity contribution in [1.82, 2.24) is 0 Å². The third-order valence-electron chi connectivity index (χ3n) is 4.79. The molecular weight excluding hydrogens is 408 g/mol. The Morgan fingerprint density at radius 2 is 1.65 bits per heavy atom. The summed E-state index contributed by atoms with van der Waals surface area (Å²) in [6.45, 7) is 0. The molecule has 0 aromatic heterocycles. The molecule has 9 nitrogen and oxygen atoms in total. The van der Waals surface area contributed by atoms with Crippen molar-refractivity contribution >= 4 is 34.6 Å². The summed E-state index contributed by atoms with van der Waals surface area (Å²) in [4.78, 5) is 47.1. The molecule has 3 aromatic rings. The number of carbonyl (C=O) groups excluding carboxylic acids is 2. The molecule has 1 heterocycles. The van der Waals surface area contributed by atoms with Crippen LogP contribution in [0.15, 0.2) is 48.5 Å². The van der Waals surface area contributed by atoms with Gasteiger partial charge in [0.05, 0.1) is 5.56 Å². The number of benzene rings is 3. The smallest absolute Gasteiger partial charge is 0.349 e. The summed E-state index contributed by atoms with van der Waals surface area (Å²) in [5, 5.41) is 29.2. The third kappa shape index (κ3) is 3.42. The van der Waals surface area contributed by atoms with E-state index in [9.17, 15) is 29.4 Å². The summed E-state index contributed by atoms with van der Waals surface area (Å²) in [7, 11) is 0. The molecule has 0 fully saturated rings. The first-order valence-corrected chi connectivity index (χ1v) is 9.02. The molecule has 0 radical (unpaired) electrons.